The third kappa shape index (κ3) is 3.19. The van der Waals surface area contributed by atoms with Crippen LogP contribution in [0.5, 0.6) is 0 Å². The number of anilines is 1. The van der Waals surface area contributed by atoms with Crippen molar-refractivity contribution in [1.29, 1.82) is 0 Å². The average Bonchev–Trinajstić information content (AvgIpc) is 2.33. The summed E-state index contributed by atoms with van der Waals surface area (Å²) < 4.78 is 0. The molecule has 2 unspecified atom stereocenters. The van der Waals surface area contributed by atoms with Crippen LogP contribution < -0.4 is 5.73 Å². The second kappa shape index (κ2) is 5.81. The lowest BCUT2D eigenvalue weighted by molar-refractivity contribution is 0.361. The molecule has 0 heterocycles. The molecule has 1 fully saturated rings. The SMILES string of the molecule is CCC1CCCCC1Sc1ccc(N)cc1C. The minimum absolute atomic E-state index is 0.816. The molecule has 0 amide bonds. The lowest BCUT2D eigenvalue weighted by atomic mass is 9.87. The van der Waals surface area contributed by atoms with E-state index in [-0.39, 0.29) is 0 Å². The molecule has 94 valence electrons. The van der Waals surface area contributed by atoms with Gasteiger partial charge in [-0.25, -0.2) is 0 Å². The topological polar surface area (TPSA) is 26.0 Å². The average molecular weight is 249 g/mol. The molecule has 1 aromatic carbocycles. The Bertz CT molecular complexity index is 375. The lowest BCUT2D eigenvalue weighted by Gasteiger charge is -2.30. The summed E-state index contributed by atoms with van der Waals surface area (Å²) in [7, 11) is 0. The number of hydrogen-bond acceptors (Lipinski definition) is 2. The summed E-state index contributed by atoms with van der Waals surface area (Å²) >= 11 is 2.08. The van der Waals surface area contributed by atoms with Crippen LogP contribution in [0.15, 0.2) is 23.1 Å². The summed E-state index contributed by atoms with van der Waals surface area (Å²) in [6.45, 7) is 4.50. The van der Waals surface area contributed by atoms with Crippen molar-refractivity contribution in [1.82, 2.24) is 0 Å². The van der Waals surface area contributed by atoms with Gasteiger partial charge in [0.15, 0.2) is 0 Å². The van der Waals surface area contributed by atoms with Gasteiger partial charge in [0.25, 0.3) is 0 Å². The second-order valence-electron chi connectivity index (χ2n) is 5.13. The molecule has 0 radical (unpaired) electrons. The maximum absolute atomic E-state index is 5.80. The highest BCUT2D eigenvalue weighted by Crippen LogP contribution is 2.40. The standard InChI is InChI=1S/C15H23NS/c1-3-12-6-4-5-7-15(12)17-14-9-8-13(16)10-11(14)2/h8-10,12,15H,3-7,16H2,1-2H3. The second-order valence-corrected chi connectivity index (χ2v) is 6.42. The van der Waals surface area contributed by atoms with Crippen LogP contribution in [0.4, 0.5) is 5.69 Å². The first-order valence-electron chi connectivity index (χ1n) is 6.73. The number of benzene rings is 1. The maximum Gasteiger partial charge on any atom is 0.0317 e. The zero-order chi connectivity index (χ0) is 12.3. The molecule has 1 aliphatic carbocycles. The van der Waals surface area contributed by atoms with E-state index in [1.54, 1.807) is 0 Å². The molecule has 1 aromatic rings. The summed E-state index contributed by atoms with van der Waals surface area (Å²) in [6.07, 6.45) is 6.96. The maximum atomic E-state index is 5.80. The van der Waals surface area contributed by atoms with E-state index in [4.69, 9.17) is 5.73 Å². The summed E-state index contributed by atoms with van der Waals surface area (Å²) in [5, 5.41) is 0.816. The van der Waals surface area contributed by atoms with Gasteiger partial charge < -0.3 is 5.73 Å². The van der Waals surface area contributed by atoms with Crippen LogP contribution in [0.3, 0.4) is 0 Å². The van der Waals surface area contributed by atoms with E-state index in [2.05, 4.69) is 37.7 Å². The van der Waals surface area contributed by atoms with Gasteiger partial charge in [0.1, 0.15) is 0 Å². The summed E-state index contributed by atoms with van der Waals surface area (Å²) in [6, 6.07) is 6.31. The zero-order valence-electron chi connectivity index (χ0n) is 10.9. The van der Waals surface area contributed by atoms with E-state index < -0.39 is 0 Å². The fourth-order valence-corrected chi connectivity index (χ4v) is 4.29. The monoisotopic (exact) mass is 249 g/mol. The Kier molecular flexibility index (Phi) is 4.38. The van der Waals surface area contributed by atoms with Crippen molar-refractivity contribution in [3.8, 4) is 0 Å². The highest BCUT2D eigenvalue weighted by atomic mass is 32.2. The summed E-state index contributed by atoms with van der Waals surface area (Å²) in [5.41, 5.74) is 8.01. The van der Waals surface area contributed by atoms with E-state index in [1.165, 1.54) is 42.6 Å². The van der Waals surface area contributed by atoms with Crippen molar-refractivity contribution in [2.45, 2.75) is 56.1 Å². The van der Waals surface area contributed by atoms with E-state index >= 15 is 0 Å². The lowest BCUT2D eigenvalue weighted by Crippen LogP contribution is -2.21. The van der Waals surface area contributed by atoms with Gasteiger partial charge in [0.05, 0.1) is 0 Å². The van der Waals surface area contributed by atoms with E-state index in [0.29, 0.717) is 0 Å². The Labute approximate surface area is 109 Å². The number of nitrogens with two attached hydrogens (primary N) is 1. The fourth-order valence-electron chi connectivity index (χ4n) is 2.76. The molecular formula is C15H23NS. The minimum atomic E-state index is 0.816. The first-order chi connectivity index (χ1) is 8.20. The first kappa shape index (κ1) is 12.8. The molecule has 0 spiro atoms. The Balaban J connectivity index is 2.08. The molecular weight excluding hydrogens is 226 g/mol. The Morgan fingerprint density at radius 2 is 2.06 bits per heavy atom. The van der Waals surface area contributed by atoms with E-state index in [9.17, 15) is 0 Å². The molecule has 0 aromatic heterocycles. The number of nitrogen functional groups attached to an aromatic ring is 1. The Hall–Kier alpha value is -0.630. The van der Waals surface area contributed by atoms with Crippen molar-refractivity contribution >= 4 is 17.4 Å². The van der Waals surface area contributed by atoms with Crippen LogP contribution in [0.2, 0.25) is 0 Å². The first-order valence-corrected chi connectivity index (χ1v) is 7.61. The van der Waals surface area contributed by atoms with Crippen LogP contribution in [0, 0.1) is 12.8 Å². The van der Waals surface area contributed by atoms with Crippen molar-refractivity contribution in [2.24, 2.45) is 5.92 Å². The molecule has 2 atom stereocenters. The molecule has 2 rings (SSSR count). The molecule has 1 nitrogen and oxygen atoms in total. The summed E-state index contributed by atoms with van der Waals surface area (Å²) in [5.74, 6) is 0.908. The quantitative estimate of drug-likeness (QED) is 0.790. The van der Waals surface area contributed by atoms with Gasteiger partial charge in [-0.2, -0.15) is 0 Å². The van der Waals surface area contributed by atoms with Crippen LogP contribution in [-0.2, 0) is 0 Å². The smallest absolute Gasteiger partial charge is 0.0317 e. The third-order valence-electron chi connectivity index (χ3n) is 3.84. The number of rotatable bonds is 3. The van der Waals surface area contributed by atoms with Gasteiger partial charge in [0.2, 0.25) is 0 Å². The molecule has 2 heteroatoms. The Morgan fingerprint density at radius 1 is 1.29 bits per heavy atom. The van der Waals surface area contributed by atoms with Crippen LogP contribution in [-0.4, -0.2) is 5.25 Å². The minimum Gasteiger partial charge on any atom is -0.399 e. The van der Waals surface area contributed by atoms with Gasteiger partial charge in [-0.15, -0.1) is 11.8 Å². The Morgan fingerprint density at radius 3 is 2.76 bits per heavy atom. The predicted molar refractivity (Wildman–Crippen MR) is 77.5 cm³/mol. The van der Waals surface area contributed by atoms with Crippen molar-refractivity contribution < 1.29 is 0 Å². The largest absolute Gasteiger partial charge is 0.399 e. The predicted octanol–water partition coefficient (Wildman–Crippen LogP) is 4.64. The molecule has 0 bridgehead atoms. The molecule has 0 aliphatic heterocycles. The van der Waals surface area contributed by atoms with Gasteiger partial charge >= 0.3 is 0 Å². The highest BCUT2D eigenvalue weighted by molar-refractivity contribution is 8.00. The van der Waals surface area contributed by atoms with Crippen LogP contribution in [0.1, 0.15) is 44.6 Å². The zero-order valence-corrected chi connectivity index (χ0v) is 11.7. The molecule has 1 aliphatic rings. The molecule has 17 heavy (non-hydrogen) atoms. The van der Waals surface area contributed by atoms with E-state index in [1.807, 2.05) is 6.07 Å². The number of hydrogen-bond donors (Lipinski definition) is 1. The van der Waals surface area contributed by atoms with Crippen molar-refractivity contribution in [2.75, 3.05) is 5.73 Å². The third-order valence-corrected chi connectivity index (χ3v) is 5.48. The van der Waals surface area contributed by atoms with Crippen LogP contribution >= 0.6 is 11.8 Å². The van der Waals surface area contributed by atoms with Gasteiger partial charge in [-0.3, -0.25) is 0 Å². The van der Waals surface area contributed by atoms with Gasteiger partial charge in [-0.1, -0.05) is 26.2 Å². The molecule has 2 N–H and O–H groups in total. The number of thioether (sulfide) groups is 1. The highest BCUT2D eigenvalue weighted by Gasteiger charge is 2.24. The molecule has 1 saturated carbocycles. The fraction of sp³-hybridized carbons (Fsp3) is 0.600. The van der Waals surface area contributed by atoms with Crippen LogP contribution in [0.25, 0.3) is 0 Å². The van der Waals surface area contributed by atoms with E-state index in [0.717, 1.165) is 16.9 Å². The van der Waals surface area contributed by atoms with Crippen molar-refractivity contribution in [3.63, 3.8) is 0 Å². The number of aryl methyl sites for hydroxylation is 1. The molecule has 0 saturated heterocycles. The normalized spacial score (nSPS) is 24.8. The van der Waals surface area contributed by atoms with Gasteiger partial charge in [-0.05, 0) is 49.4 Å². The van der Waals surface area contributed by atoms with Crippen molar-refractivity contribution in [3.05, 3.63) is 23.8 Å². The summed E-state index contributed by atoms with van der Waals surface area (Å²) in [4.78, 5) is 1.42. The van der Waals surface area contributed by atoms with Gasteiger partial charge in [0, 0.05) is 15.8 Å².